The van der Waals surface area contributed by atoms with Gasteiger partial charge in [-0.1, -0.05) is 16.9 Å². The first-order valence-electron chi connectivity index (χ1n) is 10.1. The number of aliphatic carboxylic acids is 1. The Morgan fingerprint density at radius 3 is 2.91 bits per heavy atom. The number of aryl methyl sites for hydroxylation is 1. The van der Waals surface area contributed by atoms with Gasteiger partial charge in [-0.15, -0.1) is 28.6 Å². The number of fused-ring (bicyclic) bond motifs is 1. The molecule has 1 aromatic rings. The first-order chi connectivity index (χ1) is 16.9. The van der Waals surface area contributed by atoms with Crippen LogP contribution in [0.2, 0.25) is 0 Å². The Kier molecular flexibility index (Phi) is 7.66. The van der Waals surface area contributed by atoms with E-state index in [4.69, 9.17) is 4.84 Å². The Bertz CT molecular complexity index is 1150. The number of oxime groups is 1. The van der Waals surface area contributed by atoms with Crippen molar-refractivity contribution in [3.05, 3.63) is 22.4 Å². The van der Waals surface area contributed by atoms with E-state index in [2.05, 4.69) is 26.0 Å². The maximum absolute atomic E-state index is 13.0. The SMILES string of the molecule is CON=C(C(=O)NC1C(=O)N2C(C(=O)O)=C(CSc3nnnn3C)CS[C@@H]12)C1=CSCCN1C=O. The molecule has 0 spiro atoms. The molecular formula is C18H20N8O6S3. The molecule has 3 aliphatic heterocycles. The summed E-state index contributed by atoms with van der Waals surface area (Å²) in [6.07, 6.45) is 0.595. The van der Waals surface area contributed by atoms with E-state index in [1.165, 1.54) is 56.9 Å². The summed E-state index contributed by atoms with van der Waals surface area (Å²) in [7, 11) is 2.94. The predicted octanol–water partition coefficient (Wildman–Crippen LogP) is -0.910. The average Bonchev–Trinajstić information content (AvgIpc) is 3.28. The number of carboxylic acid groups (broad SMARTS) is 1. The fraction of sp³-hybridized carbons (Fsp3) is 0.444. The molecule has 1 saturated heterocycles. The fourth-order valence-corrected chi connectivity index (χ4v) is 6.73. The summed E-state index contributed by atoms with van der Waals surface area (Å²) in [6.45, 7) is 0.391. The minimum absolute atomic E-state index is 0.101. The van der Waals surface area contributed by atoms with Gasteiger partial charge in [0.2, 0.25) is 11.6 Å². The molecule has 4 rings (SSSR count). The van der Waals surface area contributed by atoms with Crippen LogP contribution >= 0.6 is 35.3 Å². The van der Waals surface area contributed by atoms with Crippen LogP contribution in [-0.4, -0.2) is 107 Å². The number of nitrogens with zero attached hydrogens (tertiary/aromatic N) is 7. The van der Waals surface area contributed by atoms with Crippen molar-refractivity contribution in [1.82, 2.24) is 35.3 Å². The molecule has 186 valence electrons. The van der Waals surface area contributed by atoms with E-state index in [-0.39, 0.29) is 22.9 Å². The fourth-order valence-electron chi connectivity index (χ4n) is 3.57. The Labute approximate surface area is 211 Å². The molecule has 0 saturated carbocycles. The lowest BCUT2D eigenvalue weighted by Crippen LogP contribution is -2.71. The Hall–Kier alpha value is -3.05. The van der Waals surface area contributed by atoms with Crippen LogP contribution < -0.4 is 5.32 Å². The molecule has 4 heterocycles. The van der Waals surface area contributed by atoms with Gasteiger partial charge in [0.15, 0.2) is 5.71 Å². The topological polar surface area (TPSA) is 172 Å². The summed E-state index contributed by atoms with van der Waals surface area (Å²) in [5.41, 5.74) is 0.565. The van der Waals surface area contributed by atoms with Crippen molar-refractivity contribution in [3.63, 3.8) is 0 Å². The number of carboxylic acids is 1. The van der Waals surface area contributed by atoms with Gasteiger partial charge in [-0.2, -0.15) is 0 Å². The molecule has 0 aromatic carbocycles. The number of rotatable bonds is 9. The van der Waals surface area contributed by atoms with E-state index in [0.717, 1.165) is 0 Å². The van der Waals surface area contributed by atoms with Crippen molar-refractivity contribution in [1.29, 1.82) is 0 Å². The Morgan fingerprint density at radius 2 is 2.26 bits per heavy atom. The molecule has 2 N–H and O–H groups in total. The minimum Gasteiger partial charge on any atom is -0.477 e. The van der Waals surface area contributed by atoms with Crippen molar-refractivity contribution < 1.29 is 29.1 Å². The third-order valence-corrected chi connectivity index (χ3v) is 8.46. The van der Waals surface area contributed by atoms with E-state index in [1.54, 1.807) is 12.5 Å². The van der Waals surface area contributed by atoms with Gasteiger partial charge in [-0.25, -0.2) is 9.48 Å². The second-order valence-electron chi connectivity index (χ2n) is 7.29. The summed E-state index contributed by atoms with van der Waals surface area (Å²) < 4.78 is 1.47. The van der Waals surface area contributed by atoms with Crippen LogP contribution in [0, 0.1) is 0 Å². The number of carbonyl (C=O) groups excluding carboxylic acids is 3. The van der Waals surface area contributed by atoms with Gasteiger partial charge in [0.1, 0.15) is 24.2 Å². The monoisotopic (exact) mass is 540 g/mol. The highest BCUT2D eigenvalue weighted by atomic mass is 32.2. The van der Waals surface area contributed by atoms with E-state index >= 15 is 0 Å². The van der Waals surface area contributed by atoms with Crippen LogP contribution in [0.5, 0.6) is 0 Å². The van der Waals surface area contributed by atoms with Gasteiger partial charge in [-0.3, -0.25) is 19.3 Å². The maximum Gasteiger partial charge on any atom is 0.352 e. The summed E-state index contributed by atoms with van der Waals surface area (Å²) >= 11 is 4.02. The third-order valence-electron chi connectivity index (χ3n) is 5.22. The molecule has 2 atom stereocenters. The highest BCUT2D eigenvalue weighted by molar-refractivity contribution is 8.02. The Balaban J connectivity index is 1.49. The van der Waals surface area contributed by atoms with Crippen LogP contribution in [0.3, 0.4) is 0 Å². The number of carbonyl (C=O) groups is 4. The number of thioether (sulfide) groups is 3. The van der Waals surface area contributed by atoms with E-state index in [1.807, 2.05) is 0 Å². The van der Waals surface area contributed by atoms with Crippen molar-refractivity contribution >= 4 is 65.2 Å². The quantitative estimate of drug-likeness (QED) is 0.130. The summed E-state index contributed by atoms with van der Waals surface area (Å²) in [4.78, 5) is 56.7. The first kappa shape index (κ1) is 25.1. The van der Waals surface area contributed by atoms with Crippen LogP contribution in [0.4, 0.5) is 0 Å². The first-order valence-corrected chi connectivity index (χ1v) is 13.2. The van der Waals surface area contributed by atoms with Gasteiger partial charge in [-0.05, 0) is 21.4 Å². The number of aromatic nitrogens is 4. The normalized spacial score (nSPS) is 22.3. The zero-order valence-corrected chi connectivity index (χ0v) is 20.9. The van der Waals surface area contributed by atoms with Gasteiger partial charge >= 0.3 is 5.97 Å². The van der Waals surface area contributed by atoms with E-state index in [0.29, 0.717) is 35.2 Å². The van der Waals surface area contributed by atoms with Crippen LogP contribution in [0.15, 0.2) is 32.7 Å². The second-order valence-corrected chi connectivity index (χ2v) is 10.3. The largest absolute Gasteiger partial charge is 0.477 e. The van der Waals surface area contributed by atoms with E-state index < -0.39 is 29.2 Å². The Morgan fingerprint density at radius 1 is 1.46 bits per heavy atom. The van der Waals surface area contributed by atoms with Gasteiger partial charge in [0.05, 0.1) is 5.70 Å². The third kappa shape index (κ3) is 4.87. The molecule has 1 unspecified atom stereocenters. The maximum atomic E-state index is 13.0. The van der Waals surface area contributed by atoms with Crippen LogP contribution in [0.1, 0.15) is 0 Å². The highest BCUT2D eigenvalue weighted by Gasteiger charge is 2.54. The summed E-state index contributed by atoms with van der Waals surface area (Å²) in [5.74, 6) is -1.19. The summed E-state index contributed by atoms with van der Waals surface area (Å²) in [6, 6.07) is -0.956. The molecule has 17 heteroatoms. The molecule has 35 heavy (non-hydrogen) atoms. The van der Waals surface area contributed by atoms with Crippen LogP contribution in [0.25, 0.3) is 0 Å². The van der Waals surface area contributed by atoms with Crippen LogP contribution in [-0.2, 0) is 31.1 Å². The zero-order valence-electron chi connectivity index (χ0n) is 18.5. The molecule has 1 aromatic heterocycles. The average molecular weight is 541 g/mol. The predicted molar refractivity (Wildman–Crippen MR) is 127 cm³/mol. The molecule has 3 aliphatic rings. The van der Waals surface area contributed by atoms with Gasteiger partial charge in [0, 0.05) is 30.9 Å². The zero-order chi connectivity index (χ0) is 25.1. The van der Waals surface area contributed by atoms with Gasteiger partial charge in [0.25, 0.3) is 11.8 Å². The lowest BCUT2D eigenvalue weighted by molar-refractivity contribution is -0.150. The number of tetrazole rings is 1. The van der Waals surface area contributed by atoms with Crippen molar-refractivity contribution in [3.8, 4) is 0 Å². The smallest absolute Gasteiger partial charge is 0.352 e. The lowest BCUT2D eigenvalue weighted by Gasteiger charge is -2.49. The molecule has 0 aliphatic carbocycles. The van der Waals surface area contributed by atoms with E-state index in [9.17, 15) is 24.3 Å². The number of β-lactam (4-membered cyclic amide) rings is 1. The van der Waals surface area contributed by atoms with Crippen molar-refractivity contribution in [2.75, 3.05) is 30.9 Å². The number of hydrogen-bond donors (Lipinski definition) is 2. The molecule has 14 nitrogen and oxygen atoms in total. The molecule has 0 radical (unpaired) electrons. The second kappa shape index (κ2) is 10.7. The molecule has 0 bridgehead atoms. The number of hydrogen-bond acceptors (Lipinski definition) is 12. The lowest BCUT2D eigenvalue weighted by atomic mass is 10.0. The molecular weight excluding hydrogens is 520 g/mol. The molecule has 1 fully saturated rings. The minimum atomic E-state index is -1.23. The van der Waals surface area contributed by atoms with Crippen molar-refractivity contribution in [2.24, 2.45) is 12.2 Å². The highest BCUT2D eigenvalue weighted by Crippen LogP contribution is 2.41. The number of nitrogens with one attached hydrogen (secondary N) is 1. The molecule has 3 amide bonds. The van der Waals surface area contributed by atoms with Gasteiger partial charge < -0.3 is 20.2 Å². The summed E-state index contributed by atoms with van der Waals surface area (Å²) in [5, 5.41) is 28.9. The van der Waals surface area contributed by atoms with Crippen molar-refractivity contribution in [2.45, 2.75) is 16.6 Å². The standard InChI is InChI=1S/C18H20N8O6S3/c1-24-18(20-22-23-24)35-6-9-5-34-16-12(15(29)26(16)13(9)17(30)31)19-14(28)11(21-32-2)10-7-33-4-3-25(10)8-27/h7-8,12,16H,3-6H2,1-2H3,(H,19,28)(H,30,31)/t12?,16-/m0/s1. The number of amides is 3.